The molecule has 0 spiro atoms. The molecule has 7 nitrogen and oxygen atoms in total. The molecule has 0 saturated carbocycles. The Hall–Kier alpha value is -3.78. The van der Waals surface area contributed by atoms with Gasteiger partial charge in [0.25, 0.3) is 0 Å². The first-order chi connectivity index (χ1) is 17.6. The summed E-state index contributed by atoms with van der Waals surface area (Å²) in [5.74, 6) is 0.462. The van der Waals surface area contributed by atoms with Crippen LogP contribution in [-0.2, 0) is 26.2 Å². The maximum atomic E-state index is 11.2. The summed E-state index contributed by atoms with van der Waals surface area (Å²) >= 11 is 0. The van der Waals surface area contributed by atoms with Gasteiger partial charge in [-0.25, -0.2) is 0 Å². The highest BCUT2D eigenvalue weighted by Crippen LogP contribution is 2.21. The van der Waals surface area contributed by atoms with Crippen LogP contribution >= 0.6 is 0 Å². The standard InChI is InChI=1S/C29H32N4O3/c34-27(21-32(19-25-11-5-7-15-30-25)17-23-9-1-3-13-28(23)35)22-33(20-26-12-6-8-16-31-26)18-24-10-2-4-14-29(24)36/h1-16,27,34-36H,17-22H2. The van der Waals surface area contributed by atoms with E-state index < -0.39 is 6.10 Å². The van der Waals surface area contributed by atoms with Gasteiger partial charge in [0.1, 0.15) is 11.5 Å². The highest BCUT2D eigenvalue weighted by Gasteiger charge is 2.19. The van der Waals surface area contributed by atoms with Crippen molar-refractivity contribution in [3.8, 4) is 11.5 Å². The van der Waals surface area contributed by atoms with Crippen LogP contribution in [0.25, 0.3) is 0 Å². The molecule has 2 aromatic carbocycles. The number of rotatable bonds is 12. The second kappa shape index (κ2) is 12.8. The first-order valence-corrected chi connectivity index (χ1v) is 12.0. The Labute approximate surface area is 211 Å². The van der Waals surface area contributed by atoms with Gasteiger partial charge in [-0.05, 0) is 36.4 Å². The smallest absolute Gasteiger partial charge is 0.120 e. The highest BCUT2D eigenvalue weighted by molar-refractivity contribution is 5.32. The summed E-state index contributed by atoms with van der Waals surface area (Å²) < 4.78 is 0. The number of nitrogens with zero attached hydrogens (tertiary/aromatic N) is 4. The molecule has 3 N–H and O–H groups in total. The van der Waals surface area contributed by atoms with E-state index in [1.54, 1.807) is 36.7 Å². The molecule has 0 aliphatic carbocycles. The third-order valence-corrected chi connectivity index (χ3v) is 5.93. The van der Waals surface area contributed by atoms with Gasteiger partial charge in [-0.3, -0.25) is 19.8 Å². The SMILES string of the molecule is Oc1ccccc1CN(Cc1ccccn1)CC(O)CN(Cc1ccccn1)Cc1ccccc1O. The van der Waals surface area contributed by atoms with Crippen molar-refractivity contribution < 1.29 is 15.3 Å². The van der Waals surface area contributed by atoms with E-state index in [9.17, 15) is 15.3 Å². The summed E-state index contributed by atoms with van der Waals surface area (Å²) in [7, 11) is 0. The van der Waals surface area contributed by atoms with Crippen LogP contribution in [0.15, 0.2) is 97.3 Å². The molecule has 0 saturated heterocycles. The first kappa shape index (κ1) is 25.3. The van der Waals surface area contributed by atoms with Gasteiger partial charge in [-0.2, -0.15) is 0 Å². The van der Waals surface area contributed by atoms with Gasteiger partial charge in [0, 0.05) is 62.8 Å². The minimum absolute atomic E-state index is 0.231. The van der Waals surface area contributed by atoms with E-state index in [4.69, 9.17) is 0 Å². The lowest BCUT2D eigenvalue weighted by atomic mass is 10.1. The van der Waals surface area contributed by atoms with Crippen molar-refractivity contribution in [2.24, 2.45) is 0 Å². The normalized spacial score (nSPS) is 11.4. The molecule has 7 heteroatoms. The number of pyridine rings is 2. The average Bonchev–Trinajstić information content (AvgIpc) is 2.88. The number of aromatic nitrogens is 2. The molecule has 0 bridgehead atoms. The number of aliphatic hydroxyl groups excluding tert-OH is 1. The Morgan fingerprint density at radius 3 is 1.36 bits per heavy atom. The van der Waals surface area contributed by atoms with Crippen molar-refractivity contribution in [1.82, 2.24) is 19.8 Å². The van der Waals surface area contributed by atoms with Crippen molar-refractivity contribution in [1.29, 1.82) is 0 Å². The predicted molar refractivity (Wildman–Crippen MR) is 139 cm³/mol. The van der Waals surface area contributed by atoms with Crippen LogP contribution in [0.2, 0.25) is 0 Å². The molecule has 4 aromatic rings. The van der Waals surface area contributed by atoms with Crippen molar-refractivity contribution in [2.75, 3.05) is 13.1 Å². The zero-order valence-electron chi connectivity index (χ0n) is 20.2. The zero-order chi connectivity index (χ0) is 25.2. The van der Waals surface area contributed by atoms with Crippen LogP contribution < -0.4 is 0 Å². The van der Waals surface area contributed by atoms with Crippen LogP contribution in [-0.4, -0.2) is 54.3 Å². The topological polar surface area (TPSA) is 93.0 Å². The van der Waals surface area contributed by atoms with Crippen LogP contribution in [0.3, 0.4) is 0 Å². The minimum atomic E-state index is -0.686. The molecule has 0 radical (unpaired) electrons. The van der Waals surface area contributed by atoms with E-state index in [1.165, 1.54) is 0 Å². The van der Waals surface area contributed by atoms with Gasteiger partial charge in [0.15, 0.2) is 0 Å². The minimum Gasteiger partial charge on any atom is -0.508 e. The van der Waals surface area contributed by atoms with Gasteiger partial charge >= 0.3 is 0 Å². The lowest BCUT2D eigenvalue weighted by Gasteiger charge is -2.29. The lowest BCUT2D eigenvalue weighted by molar-refractivity contribution is 0.0618. The van der Waals surface area contributed by atoms with E-state index in [-0.39, 0.29) is 11.5 Å². The number of aromatic hydroxyl groups is 2. The highest BCUT2D eigenvalue weighted by atomic mass is 16.3. The fraction of sp³-hybridized carbons (Fsp3) is 0.241. The summed E-state index contributed by atoms with van der Waals surface area (Å²) in [6, 6.07) is 26.0. The molecular formula is C29H32N4O3. The molecule has 0 amide bonds. The summed E-state index contributed by atoms with van der Waals surface area (Å²) in [6.45, 7) is 2.77. The van der Waals surface area contributed by atoms with E-state index in [0.717, 1.165) is 22.5 Å². The van der Waals surface area contributed by atoms with Crippen molar-refractivity contribution in [3.05, 3.63) is 120 Å². The van der Waals surface area contributed by atoms with Crippen molar-refractivity contribution >= 4 is 0 Å². The number of para-hydroxylation sites is 2. The van der Waals surface area contributed by atoms with E-state index in [2.05, 4.69) is 19.8 Å². The second-order valence-corrected chi connectivity index (χ2v) is 8.89. The number of hydrogen-bond donors (Lipinski definition) is 3. The number of hydrogen-bond acceptors (Lipinski definition) is 7. The summed E-state index contributed by atoms with van der Waals surface area (Å²) in [5, 5.41) is 31.8. The number of benzene rings is 2. The van der Waals surface area contributed by atoms with Crippen LogP contribution in [0.4, 0.5) is 0 Å². The quantitative estimate of drug-likeness (QED) is 0.280. The Kier molecular flexibility index (Phi) is 8.99. The van der Waals surface area contributed by atoms with Gasteiger partial charge in [-0.1, -0.05) is 48.5 Å². The molecule has 0 aliphatic rings. The molecule has 4 rings (SSSR count). The molecule has 2 aromatic heterocycles. The summed E-state index contributed by atoms with van der Waals surface area (Å²) in [6.07, 6.45) is 2.82. The monoisotopic (exact) mass is 484 g/mol. The molecule has 0 fully saturated rings. The van der Waals surface area contributed by atoms with Gasteiger partial charge < -0.3 is 15.3 Å². The molecule has 36 heavy (non-hydrogen) atoms. The Morgan fingerprint density at radius 2 is 0.972 bits per heavy atom. The van der Waals surface area contributed by atoms with Gasteiger partial charge in [-0.15, -0.1) is 0 Å². The van der Waals surface area contributed by atoms with E-state index in [1.807, 2.05) is 60.7 Å². The van der Waals surface area contributed by atoms with Crippen LogP contribution in [0.5, 0.6) is 11.5 Å². The maximum Gasteiger partial charge on any atom is 0.120 e. The Bertz CT molecular complexity index is 1110. The molecule has 0 atom stereocenters. The summed E-state index contributed by atoms with van der Waals surface area (Å²) in [4.78, 5) is 13.0. The lowest BCUT2D eigenvalue weighted by Crippen LogP contribution is -2.39. The molecule has 0 unspecified atom stereocenters. The van der Waals surface area contributed by atoms with Crippen LogP contribution in [0.1, 0.15) is 22.5 Å². The Balaban J connectivity index is 1.49. The van der Waals surface area contributed by atoms with Crippen LogP contribution in [0, 0.1) is 0 Å². The average molecular weight is 485 g/mol. The fourth-order valence-corrected chi connectivity index (χ4v) is 4.24. The third-order valence-electron chi connectivity index (χ3n) is 5.93. The maximum absolute atomic E-state index is 11.2. The third kappa shape index (κ3) is 7.61. The fourth-order valence-electron chi connectivity index (χ4n) is 4.24. The van der Waals surface area contributed by atoms with Gasteiger partial charge in [0.05, 0.1) is 17.5 Å². The van der Waals surface area contributed by atoms with E-state index in [0.29, 0.717) is 39.3 Å². The van der Waals surface area contributed by atoms with E-state index >= 15 is 0 Å². The number of aliphatic hydroxyl groups is 1. The predicted octanol–water partition coefficient (Wildman–Crippen LogP) is 3.95. The largest absolute Gasteiger partial charge is 0.508 e. The molecular weight excluding hydrogens is 452 g/mol. The second-order valence-electron chi connectivity index (χ2n) is 8.89. The summed E-state index contributed by atoms with van der Waals surface area (Å²) in [5.41, 5.74) is 3.36. The number of phenolic OH excluding ortho intramolecular Hbond substituents is 2. The van der Waals surface area contributed by atoms with Crippen molar-refractivity contribution in [2.45, 2.75) is 32.3 Å². The van der Waals surface area contributed by atoms with Gasteiger partial charge in [0.2, 0.25) is 0 Å². The molecule has 2 heterocycles. The van der Waals surface area contributed by atoms with Crippen molar-refractivity contribution in [3.63, 3.8) is 0 Å². The molecule has 186 valence electrons. The number of phenols is 2. The first-order valence-electron chi connectivity index (χ1n) is 12.0. The molecule has 0 aliphatic heterocycles. The zero-order valence-corrected chi connectivity index (χ0v) is 20.2. The Morgan fingerprint density at radius 1 is 0.556 bits per heavy atom.